The largest absolute Gasteiger partial charge is 0.298 e. The molecule has 0 amide bonds. The zero-order valence-electron chi connectivity index (χ0n) is 7.27. The summed E-state index contributed by atoms with van der Waals surface area (Å²) in [6, 6.07) is 3.42. The SMILES string of the molecule is N#CCC=Cc1ccnc(F)c1C=O. The first-order chi connectivity index (χ1) is 6.79. The second-order valence-electron chi connectivity index (χ2n) is 2.49. The summed E-state index contributed by atoms with van der Waals surface area (Å²) in [4.78, 5) is 13.8. The Morgan fingerprint density at radius 3 is 3.07 bits per heavy atom. The first kappa shape index (κ1) is 10.1. The summed E-state index contributed by atoms with van der Waals surface area (Å²) in [5, 5.41) is 8.27. The quantitative estimate of drug-likeness (QED) is 0.540. The monoisotopic (exact) mass is 190 g/mol. The predicted molar refractivity (Wildman–Crippen MR) is 48.8 cm³/mol. The van der Waals surface area contributed by atoms with Gasteiger partial charge in [-0.05, 0) is 11.6 Å². The van der Waals surface area contributed by atoms with E-state index in [1.54, 1.807) is 6.08 Å². The maximum Gasteiger partial charge on any atom is 0.224 e. The van der Waals surface area contributed by atoms with Crippen LogP contribution in [0.25, 0.3) is 6.08 Å². The molecule has 0 unspecified atom stereocenters. The number of nitriles is 1. The lowest BCUT2D eigenvalue weighted by Gasteiger charge is -1.97. The molecule has 3 nitrogen and oxygen atoms in total. The molecule has 1 aromatic rings. The summed E-state index contributed by atoms with van der Waals surface area (Å²) >= 11 is 0. The maximum absolute atomic E-state index is 12.9. The van der Waals surface area contributed by atoms with Gasteiger partial charge in [0.15, 0.2) is 6.29 Å². The van der Waals surface area contributed by atoms with Crippen LogP contribution >= 0.6 is 0 Å². The van der Waals surface area contributed by atoms with Crippen LogP contribution in [-0.2, 0) is 0 Å². The van der Waals surface area contributed by atoms with Crippen molar-refractivity contribution >= 4 is 12.4 Å². The van der Waals surface area contributed by atoms with Crippen LogP contribution in [0.5, 0.6) is 0 Å². The van der Waals surface area contributed by atoms with E-state index in [4.69, 9.17) is 5.26 Å². The smallest absolute Gasteiger partial charge is 0.224 e. The number of carbonyl (C=O) groups is 1. The lowest BCUT2D eigenvalue weighted by Crippen LogP contribution is -1.94. The molecule has 1 rings (SSSR count). The van der Waals surface area contributed by atoms with Gasteiger partial charge in [-0.2, -0.15) is 9.65 Å². The van der Waals surface area contributed by atoms with Crippen molar-refractivity contribution in [3.8, 4) is 6.07 Å². The van der Waals surface area contributed by atoms with Crippen molar-refractivity contribution in [3.63, 3.8) is 0 Å². The molecule has 0 N–H and O–H groups in total. The Balaban J connectivity index is 3.03. The Morgan fingerprint density at radius 1 is 1.64 bits per heavy atom. The molecule has 0 atom stereocenters. The topological polar surface area (TPSA) is 53.8 Å². The molecule has 14 heavy (non-hydrogen) atoms. The van der Waals surface area contributed by atoms with Gasteiger partial charge in [-0.3, -0.25) is 4.79 Å². The van der Waals surface area contributed by atoms with Gasteiger partial charge >= 0.3 is 0 Å². The first-order valence-electron chi connectivity index (χ1n) is 3.92. The fraction of sp³-hybridized carbons (Fsp3) is 0.100. The Morgan fingerprint density at radius 2 is 2.43 bits per heavy atom. The van der Waals surface area contributed by atoms with Crippen molar-refractivity contribution in [2.75, 3.05) is 0 Å². The van der Waals surface area contributed by atoms with E-state index in [-0.39, 0.29) is 12.0 Å². The van der Waals surface area contributed by atoms with Gasteiger partial charge in [0.05, 0.1) is 18.1 Å². The van der Waals surface area contributed by atoms with Crippen LogP contribution in [0.4, 0.5) is 4.39 Å². The lowest BCUT2D eigenvalue weighted by molar-refractivity contribution is 0.111. The highest BCUT2D eigenvalue weighted by molar-refractivity contribution is 5.81. The molecule has 1 aromatic heterocycles. The fourth-order valence-corrected chi connectivity index (χ4v) is 0.962. The Hall–Kier alpha value is -2.02. The van der Waals surface area contributed by atoms with Crippen LogP contribution in [0.1, 0.15) is 22.3 Å². The van der Waals surface area contributed by atoms with Crippen molar-refractivity contribution in [1.29, 1.82) is 5.26 Å². The Labute approximate surface area is 80.5 Å². The molecule has 1 heterocycles. The third-order valence-corrected chi connectivity index (χ3v) is 1.60. The third-order valence-electron chi connectivity index (χ3n) is 1.60. The van der Waals surface area contributed by atoms with Crippen molar-refractivity contribution in [2.45, 2.75) is 6.42 Å². The van der Waals surface area contributed by atoms with Crippen LogP contribution < -0.4 is 0 Å². The minimum absolute atomic E-state index is 0.0818. The fourth-order valence-electron chi connectivity index (χ4n) is 0.962. The van der Waals surface area contributed by atoms with Crippen molar-refractivity contribution < 1.29 is 9.18 Å². The number of hydrogen-bond acceptors (Lipinski definition) is 3. The van der Waals surface area contributed by atoms with Gasteiger partial charge in [0.1, 0.15) is 0 Å². The average Bonchev–Trinajstić information content (AvgIpc) is 2.18. The second kappa shape index (κ2) is 4.87. The maximum atomic E-state index is 12.9. The van der Waals surface area contributed by atoms with E-state index in [1.165, 1.54) is 18.3 Å². The molecular formula is C10H7FN2O. The number of carbonyl (C=O) groups excluding carboxylic acids is 1. The van der Waals surface area contributed by atoms with E-state index in [0.29, 0.717) is 11.8 Å². The van der Waals surface area contributed by atoms with Gasteiger partial charge in [-0.1, -0.05) is 12.2 Å². The summed E-state index contributed by atoms with van der Waals surface area (Å²) in [6.45, 7) is 0. The molecule has 0 radical (unpaired) electrons. The van der Waals surface area contributed by atoms with Gasteiger partial charge in [-0.15, -0.1) is 0 Å². The van der Waals surface area contributed by atoms with E-state index in [9.17, 15) is 9.18 Å². The molecule has 0 aromatic carbocycles. The molecule has 0 saturated heterocycles. The lowest BCUT2D eigenvalue weighted by atomic mass is 10.1. The molecule has 0 aliphatic carbocycles. The zero-order valence-corrected chi connectivity index (χ0v) is 7.27. The van der Waals surface area contributed by atoms with E-state index in [2.05, 4.69) is 4.98 Å². The number of aromatic nitrogens is 1. The highest BCUT2D eigenvalue weighted by Crippen LogP contribution is 2.10. The summed E-state index contributed by atoms with van der Waals surface area (Å²) in [5.74, 6) is -0.792. The second-order valence-corrected chi connectivity index (χ2v) is 2.49. The van der Waals surface area contributed by atoms with E-state index >= 15 is 0 Å². The summed E-state index contributed by atoms with van der Waals surface area (Å²) < 4.78 is 12.9. The standard InChI is InChI=1S/C10H7FN2O/c11-10-9(7-14)8(4-6-13-10)3-1-2-5-12/h1,3-4,6-7H,2H2. The summed E-state index contributed by atoms with van der Waals surface area (Å²) in [7, 11) is 0. The van der Waals surface area contributed by atoms with Gasteiger partial charge in [-0.25, -0.2) is 4.98 Å². The molecule has 0 fully saturated rings. The van der Waals surface area contributed by atoms with Crippen molar-refractivity contribution in [2.24, 2.45) is 0 Å². The number of nitrogens with zero attached hydrogens (tertiary/aromatic N) is 2. The molecule has 4 heteroatoms. The first-order valence-corrected chi connectivity index (χ1v) is 3.92. The van der Waals surface area contributed by atoms with Gasteiger partial charge in [0, 0.05) is 6.20 Å². The number of pyridine rings is 1. The van der Waals surface area contributed by atoms with Crippen LogP contribution in [-0.4, -0.2) is 11.3 Å². The minimum Gasteiger partial charge on any atom is -0.298 e. The number of allylic oxidation sites excluding steroid dienone is 1. The highest BCUT2D eigenvalue weighted by Gasteiger charge is 2.05. The van der Waals surface area contributed by atoms with Crippen molar-refractivity contribution in [3.05, 3.63) is 35.4 Å². The molecule has 0 aliphatic rings. The van der Waals surface area contributed by atoms with Crippen LogP contribution in [0, 0.1) is 17.3 Å². The molecule has 70 valence electrons. The normalized spacial score (nSPS) is 10.0. The third kappa shape index (κ3) is 2.23. The van der Waals surface area contributed by atoms with E-state index in [0.717, 1.165) is 0 Å². The number of rotatable bonds is 3. The predicted octanol–water partition coefficient (Wildman–Crippen LogP) is 1.96. The molecule has 0 bridgehead atoms. The van der Waals surface area contributed by atoms with E-state index < -0.39 is 5.95 Å². The summed E-state index contributed by atoms with van der Waals surface area (Å²) in [6.07, 6.45) is 4.99. The van der Waals surface area contributed by atoms with Crippen LogP contribution in [0.2, 0.25) is 0 Å². The van der Waals surface area contributed by atoms with Crippen molar-refractivity contribution in [1.82, 2.24) is 4.98 Å². The number of aldehydes is 1. The Kier molecular flexibility index (Phi) is 3.50. The van der Waals surface area contributed by atoms with E-state index in [1.807, 2.05) is 6.07 Å². The molecule has 0 spiro atoms. The molecule has 0 saturated carbocycles. The van der Waals surface area contributed by atoms with Gasteiger partial charge < -0.3 is 0 Å². The average molecular weight is 190 g/mol. The van der Waals surface area contributed by atoms with Gasteiger partial charge in [0.25, 0.3) is 0 Å². The van der Waals surface area contributed by atoms with Crippen LogP contribution in [0.15, 0.2) is 18.3 Å². The number of hydrogen-bond donors (Lipinski definition) is 0. The zero-order chi connectivity index (χ0) is 10.4. The minimum atomic E-state index is -0.792. The number of halogens is 1. The van der Waals surface area contributed by atoms with Gasteiger partial charge in [0.2, 0.25) is 5.95 Å². The molecule has 0 aliphatic heterocycles. The Bertz CT molecular complexity index is 407. The highest BCUT2D eigenvalue weighted by atomic mass is 19.1. The summed E-state index contributed by atoms with van der Waals surface area (Å²) in [5.41, 5.74) is 0.351. The van der Waals surface area contributed by atoms with Crippen LogP contribution in [0.3, 0.4) is 0 Å². The molecular weight excluding hydrogens is 183 g/mol.